The summed E-state index contributed by atoms with van der Waals surface area (Å²) in [5.74, 6) is -1.84. The van der Waals surface area contributed by atoms with E-state index < -0.39 is 34.5 Å². The molecule has 0 radical (unpaired) electrons. The Morgan fingerprint density at radius 1 is 1.38 bits per heavy atom. The predicted octanol–water partition coefficient (Wildman–Crippen LogP) is 2.67. The van der Waals surface area contributed by atoms with E-state index in [1.54, 1.807) is 5.32 Å². The number of nitro benzene ring substituents is 1. The summed E-state index contributed by atoms with van der Waals surface area (Å²) in [6, 6.07) is 1.52. The summed E-state index contributed by atoms with van der Waals surface area (Å²) in [6.45, 7) is 0. The lowest BCUT2D eigenvalue weighted by Gasteiger charge is -2.21. The molecule has 1 aromatic heterocycles. The Bertz CT molecular complexity index is 786. The number of amides is 1. The van der Waals surface area contributed by atoms with Crippen molar-refractivity contribution in [2.45, 2.75) is 12.2 Å². The number of nitrogens with zero attached hydrogens (tertiary/aromatic N) is 2. The molecule has 10 heteroatoms. The van der Waals surface area contributed by atoms with Crippen LogP contribution >= 0.6 is 0 Å². The molecule has 0 aliphatic heterocycles. The number of aromatic hydroxyl groups is 1. The molecular formula is C14H12F3N3O4. The molecule has 128 valence electrons. The van der Waals surface area contributed by atoms with Crippen LogP contribution in [0.5, 0.6) is 5.75 Å². The third kappa shape index (κ3) is 3.65. The number of alkyl halides is 3. The number of hydrogen-bond acceptors (Lipinski definition) is 4. The quantitative estimate of drug-likeness (QED) is 0.659. The normalized spacial score (nSPS) is 12.7. The first-order valence-electron chi connectivity index (χ1n) is 6.56. The number of rotatable bonds is 4. The lowest BCUT2D eigenvalue weighted by atomic mass is 10.1. The molecule has 0 bridgehead atoms. The largest absolute Gasteiger partial charge is 0.502 e. The summed E-state index contributed by atoms with van der Waals surface area (Å²) in [6.07, 6.45) is -2.15. The van der Waals surface area contributed by atoms with Crippen LogP contribution in [-0.4, -0.2) is 26.7 Å². The van der Waals surface area contributed by atoms with E-state index in [9.17, 15) is 33.2 Å². The lowest BCUT2D eigenvalue weighted by Crippen LogP contribution is -2.38. The summed E-state index contributed by atoms with van der Waals surface area (Å²) in [7, 11) is 1.53. The van der Waals surface area contributed by atoms with E-state index in [0.717, 1.165) is 12.1 Å². The Kier molecular flexibility index (Phi) is 4.49. The van der Waals surface area contributed by atoms with Gasteiger partial charge < -0.3 is 15.0 Å². The molecule has 0 spiro atoms. The average molecular weight is 343 g/mol. The molecular weight excluding hydrogens is 331 g/mol. The van der Waals surface area contributed by atoms with Crippen molar-refractivity contribution in [1.82, 2.24) is 9.88 Å². The van der Waals surface area contributed by atoms with Gasteiger partial charge in [0.2, 0.25) is 0 Å². The van der Waals surface area contributed by atoms with E-state index >= 15 is 0 Å². The highest BCUT2D eigenvalue weighted by molar-refractivity contribution is 5.95. The van der Waals surface area contributed by atoms with Crippen LogP contribution in [0.4, 0.5) is 18.9 Å². The van der Waals surface area contributed by atoms with Crippen LogP contribution in [0.25, 0.3) is 0 Å². The second kappa shape index (κ2) is 6.22. The van der Waals surface area contributed by atoms with Crippen molar-refractivity contribution in [1.29, 1.82) is 0 Å². The Morgan fingerprint density at radius 3 is 2.54 bits per heavy atom. The highest BCUT2D eigenvalue weighted by Crippen LogP contribution is 2.33. The van der Waals surface area contributed by atoms with Gasteiger partial charge in [0.15, 0.2) is 11.8 Å². The molecule has 2 rings (SSSR count). The molecule has 0 saturated carbocycles. The first-order valence-corrected chi connectivity index (χ1v) is 6.56. The fraction of sp³-hybridized carbons (Fsp3) is 0.214. The van der Waals surface area contributed by atoms with Crippen molar-refractivity contribution in [3.63, 3.8) is 0 Å². The van der Waals surface area contributed by atoms with Crippen molar-refractivity contribution >= 4 is 11.6 Å². The third-order valence-electron chi connectivity index (χ3n) is 3.23. The summed E-state index contributed by atoms with van der Waals surface area (Å²) < 4.78 is 41.0. The molecule has 1 amide bonds. The van der Waals surface area contributed by atoms with Gasteiger partial charge >= 0.3 is 11.9 Å². The molecule has 0 aliphatic carbocycles. The highest BCUT2D eigenvalue weighted by Gasteiger charge is 2.42. The zero-order valence-corrected chi connectivity index (χ0v) is 12.2. The second-order valence-corrected chi connectivity index (χ2v) is 5.02. The number of phenols is 1. The van der Waals surface area contributed by atoms with Gasteiger partial charge in [-0.3, -0.25) is 14.9 Å². The number of benzene rings is 1. The van der Waals surface area contributed by atoms with Gasteiger partial charge in [-0.05, 0) is 18.2 Å². The van der Waals surface area contributed by atoms with Gasteiger partial charge in [0.05, 0.1) is 4.92 Å². The van der Waals surface area contributed by atoms with Gasteiger partial charge in [0, 0.05) is 36.6 Å². The Balaban J connectivity index is 2.32. The standard InChI is InChI=1S/C14H12F3N3O4/c1-19-5-4-9(7-19)12(14(15,16)17)18-13(22)8-2-3-11(21)10(6-8)20(23)24/h2-7,12,21H,1H3,(H,18,22). The Labute approximate surface area is 133 Å². The zero-order valence-electron chi connectivity index (χ0n) is 12.2. The van der Waals surface area contributed by atoms with Gasteiger partial charge in [-0.15, -0.1) is 0 Å². The fourth-order valence-electron chi connectivity index (χ4n) is 2.08. The zero-order chi connectivity index (χ0) is 18.1. The molecule has 2 N–H and O–H groups in total. The monoisotopic (exact) mass is 343 g/mol. The van der Waals surface area contributed by atoms with Crippen LogP contribution in [0.1, 0.15) is 22.0 Å². The van der Waals surface area contributed by atoms with Gasteiger partial charge in [0.25, 0.3) is 5.91 Å². The van der Waals surface area contributed by atoms with Gasteiger partial charge in [-0.1, -0.05) is 0 Å². The highest BCUT2D eigenvalue weighted by atomic mass is 19.4. The maximum Gasteiger partial charge on any atom is 0.412 e. The average Bonchev–Trinajstić information content (AvgIpc) is 2.89. The third-order valence-corrected chi connectivity index (χ3v) is 3.23. The summed E-state index contributed by atoms with van der Waals surface area (Å²) in [4.78, 5) is 21.8. The van der Waals surface area contributed by atoms with Crippen LogP contribution in [0, 0.1) is 10.1 Å². The number of carbonyl (C=O) groups excluding carboxylic acids is 1. The number of aryl methyl sites for hydroxylation is 1. The maximum absolute atomic E-state index is 13.2. The van der Waals surface area contributed by atoms with Crippen molar-refractivity contribution in [2.24, 2.45) is 7.05 Å². The number of phenolic OH excluding ortho intramolecular Hbond substituents is 1. The second-order valence-electron chi connectivity index (χ2n) is 5.02. The number of nitro groups is 1. The van der Waals surface area contributed by atoms with Crippen LogP contribution in [0.15, 0.2) is 36.7 Å². The molecule has 1 aromatic carbocycles. The molecule has 0 aliphatic rings. The number of aromatic nitrogens is 1. The molecule has 0 saturated heterocycles. The first-order chi connectivity index (χ1) is 11.1. The van der Waals surface area contributed by atoms with Crippen molar-refractivity contribution in [3.05, 3.63) is 57.9 Å². The summed E-state index contributed by atoms with van der Waals surface area (Å²) in [5.41, 5.74) is -1.32. The fourth-order valence-corrected chi connectivity index (χ4v) is 2.08. The van der Waals surface area contributed by atoms with Crippen LogP contribution in [0.2, 0.25) is 0 Å². The molecule has 24 heavy (non-hydrogen) atoms. The number of nitrogens with one attached hydrogen (secondary N) is 1. The van der Waals surface area contributed by atoms with Crippen molar-refractivity contribution in [2.75, 3.05) is 0 Å². The Morgan fingerprint density at radius 2 is 2.04 bits per heavy atom. The van der Waals surface area contributed by atoms with Gasteiger partial charge in [0.1, 0.15) is 0 Å². The minimum atomic E-state index is -4.75. The molecule has 2 aromatic rings. The lowest BCUT2D eigenvalue weighted by molar-refractivity contribution is -0.385. The van der Waals surface area contributed by atoms with Crippen LogP contribution < -0.4 is 5.32 Å². The number of carbonyl (C=O) groups is 1. The predicted molar refractivity (Wildman–Crippen MR) is 76.4 cm³/mol. The van der Waals surface area contributed by atoms with E-state index in [1.165, 1.54) is 30.1 Å². The smallest absolute Gasteiger partial charge is 0.412 e. The van der Waals surface area contributed by atoms with Crippen LogP contribution in [-0.2, 0) is 7.05 Å². The first kappa shape index (κ1) is 17.3. The Hall–Kier alpha value is -3.04. The number of hydrogen-bond donors (Lipinski definition) is 2. The minimum Gasteiger partial charge on any atom is -0.502 e. The number of halogens is 3. The van der Waals surface area contributed by atoms with E-state index in [1.807, 2.05) is 0 Å². The van der Waals surface area contributed by atoms with Gasteiger partial charge in [-0.2, -0.15) is 13.2 Å². The molecule has 1 unspecified atom stereocenters. The van der Waals surface area contributed by atoms with Crippen LogP contribution in [0.3, 0.4) is 0 Å². The van der Waals surface area contributed by atoms with E-state index in [-0.39, 0.29) is 11.1 Å². The molecule has 7 nitrogen and oxygen atoms in total. The van der Waals surface area contributed by atoms with E-state index in [0.29, 0.717) is 6.07 Å². The molecule has 0 fully saturated rings. The topological polar surface area (TPSA) is 97.4 Å². The van der Waals surface area contributed by atoms with Crippen molar-refractivity contribution in [3.8, 4) is 5.75 Å². The maximum atomic E-state index is 13.2. The summed E-state index contributed by atoms with van der Waals surface area (Å²) in [5, 5.41) is 21.9. The van der Waals surface area contributed by atoms with Crippen molar-refractivity contribution < 1.29 is 28.0 Å². The molecule has 1 atom stereocenters. The van der Waals surface area contributed by atoms with E-state index in [2.05, 4.69) is 0 Å². The summed E-state index contributed by atoms with van der Waals surface area (Å²) >= 11 is 0. The van der Waals surface area contributed by atoms with Gasteiger partial charge in [-0.25, -0.2) is 0 Å². The van der Waals surface area contributed by atoms with E-state index in [4.69, 9.17) is 0 Å². The SMILES string of the molecule is Cn1ccc(C(NC(=O)c2ccc(O)c([N+](=O)[O-])c2)C(F)(F)F)c1. The minimum absolute atomic E-state index is 0.174. The molecule has 1 heterocycles.